The third-order valence-electron chi connectivity index (χ3n) is 2.39. The number of aliphatic carboxylic acids is 1. The third kappa shape index (κ3) is 2.90. The molecule has 1 aromatic carbocycles. The van der Waals surface area contributed by atoms with Crippen LogP contribution in [0.25, 0.3) is 0 Å². The van der Waals surface area contributed by atoms with Crippen molar-refractivity contribution >= 4 is 35.1 Å². The molecule has 1 unspecified atom stereocenters. The predicted molar refractivity (Wildman–Crippen MR) is 65.3 cm³/mol. The Morgan fingerprint density at radius 3 is 2.12 bits per heavy atom. The van der Waals surface area contributed by atoms with Gasteiger partial charge in [-0.05, 0) is 12.1 Å². The maximum Gasteiger partial charge on any atom is 0.331 e. The summed E-state index contributed by atoms with van der Waals surface area (Å²) < 4.78 is 0. The minimum absolute atomic E-state index is 0.220. The molecule has 0 saturated carbocycles. The molecule has 0 bridgehead atoms. The minimum Gasteiger partial charge on any atom is -0.479 e. The van der Waals surface area contributed by atoms with Crippen LogP contribution in [0.1, 0.15) is 18.5 Å². The van der Waals surface area contributed by atoms with E-state index in [4.69, 9.17) is 23.2 Å². The molecule has 1 aromatic rings. The van der Waals surface area contributed by atoms with Crippen molar-refractivity contribution < 1.29 is 14.7 Å². The lowest BCUT2D eigenvalue weighted by Gasteiger charge is -2.25. The second-order valence-corrected chi connectivity index (χ2v) is 4.32. The highest BCUT2D eigenvalue weighted by Crippen LogP contribution is 2.33. The first-order chi connectivity index (χ1) is 7.86. The first kappa shape index (κ1) is 13.8. The van der Waals surface area contributed by atoms with Gasteiger partial charge < -0.3 is 10.0 Å². The molecule has 0 radical (unpaired) electrons. The van der Waals surface area contributed by atoms with Gasteiger partial charge in [-0.15, -0.1) is 0 Å². The van der Waals surface area contributed by atoms with Crippen LogP contribution in [0.5, 0.6) is 0 Å². The molecule has 0 fully saturated rings. The molecule has 17 heavy (non-hydrogen) atoms. The second-order valence-electron chi connectivity index (χ2n) is 3.51. The van der Waals surface area contributed by atoms with E-state index in [0.717, 1.165) is 4.90 Å². The van der Waals surface area contributed by atoms with Gasteiger partial charge in [-0.3, -0.25) is 4.79 Å². The maximum absolute atomic E-state index is 11.3. The van der Waals surface area contributed by atoms with Crippen LogP contribution in [0.4, 0.5) is 0 Å². The van der Waals surface area contributed by atoms with Crippen LogP contribution in [-0.4, -0.2) is 28.9 Å². The Hall–Kier alpha value is -1.26. The van der Waals surface area contributed by atoms with E-state index in [0.29, 0.717) is 0 Å². The lowest BCUT2D eigenvalue weighted by Crippen LogP contribution is -2.34. The number of carboxylic acid groups (broad SMARTS) is 1. The Kier molecular flexibility index (Phi) is 4.37. The van der Waals surface area contributed by atoms with Crippen molar-refractivity contribution in [2.45, 2.75) is 13.0 Å². The molecule has 0 saturated heterocycles. The largest absolute Gasteiger partial charge is 0.479 e. The zero-order chi connectivity index (χ0) is 13.2. The Morgan fingerprint density at radius 2 is 1.76 bits per heavy atom. The zero-order valence-electron chi connectivity index (χ0n) is 9.28. The number of hydrogen-bond acceptors (Lipinski definition) is 2. The van der Waals surface area contributed by atoms with Gasteiger partial charge in [0, 0.05) is 29.6 Å². The molecular formula is C11H11Cl2NO3. The fraction of sp³-hybridized carbons (Fsp3) is 0.273. The first-order valence-corrected chi connectivity index (χ1v) is 5.52. The Bertz CT molecular complexity index is 442. The second kappa shape index (κ2) is 5.38. The average molecular weight is 276 g/mol. The van der Waals surface area contributed by atoms with Gasteiger partial charge in [0.15, 0.2) is 6.04 Å². The van der Waals surface area contributed by atoms with Crippen molar-refractivity contribution in [3.8, 4) is 0 Å². The van der Waals surface area contributed by atoms with Crippen LogP contribution in [0.15, 0.2) is 18.2 Å². The number of nitrogens with zero attached hydrogens (tertiary/aromatic N) is 1. The van der Waals surface area contributed by atoms with Gasteiger partial charge in [-0.2, -0.15) is 0 Å². The Morgan fingerprint density at radius 1 is 1.29 bits per heavy atom. The Balaban J connectivity index is 3.33. The molecule has 1 amide bonds. The van der Waals surface area contributed by atoms with Gasteiger partial charge in [0.2, 0.25) is 5.91 Å². The predicted octanol–water partition coefficient (Wildman–Crippen LogP) is 2.60. The number of amides is 1. The summed E-state index contributed by atoms with van der Waals surface area (Å²) >= 11 is 11.9. The number of rotatable bonds is 3. The van der Waals surface area contributed by atoms with Crippen molar-refractivity contribution in [2.24, 2.45) is 0 Å². The van der Waals surface area contributed by atoms with E-state index in [1.165, 1.54) is 26.1 Å². The normalized spacial score (nSPS) is 12.0. The van der Waals surface area contributed by atoms with Crippen molar-refractivity contribution in [1.82, 2.24) is 4.90 Å². The smallest absolute Gasteiger partial charge is 0.331 e. The van der Waals surface area contributed by atoms with E-state index < -0.39 is 12.0 Å². The van der Waals surface area contributed by atoms with Crippen LogP contribution in [-0.2, 0) is 9.59 Å². The van der Waals surface area contributed by atoms with Crippen molar-refractivity contribution in [2.75, 3.05) is 7.05 Å². The van der Waals surface area contributed by atoms with Gasteiger partial charge >= 0.3 is 5.97 Å². The molecule has 1 atom stereocenters. The molecule has 0 aliphatic carbocycles. The summed E-state index contributed by atoms with van der Waals surface area (Å²) in [6.45, 7) is 1.28. The number of benzene rings is 1. The fourth-order valence-corrected chi connectivity index (χ4v) is 2.04. The molecule has 6 heteroatoms. The fourth-order valence-electron chi connectivity index (χ4n) is 1.44. The van der Waals surface area contributed by atoms with Gasteiger partial charge in [-0.25, -0.2) is 4.79 Å². The van der Waals surface area contributed by atoms with E-state index in [2.05, 4.69) is 0 Å². The number of hydrogen-bond donors (Lipinski definition) is 1. The molecule has 0 aromatic heterocycles. The molecule has 92 valence electrons. The average Bonchev–Trinajstić information content (AvgIpc) is 2.22. The van der Waals surface area contributed by atoms with E-state index in [1.807, 2.05) is 0 Å². The SMILES string of the molecule is CC(=O)N(C)C(C(=O)O)c1c(Cl)cccc1Cl. The zero-order valence-corrected chi connectivity index (χ0v) is 10.8. The highest BCUT2D eigenvalue weighted by molar-refractivity contribution is 6.36. The van der Waals surface area contributed by atoms with Crippen LogP contribution in [0.3, 0.4) is 0 Å². The van der Waals surface area contributed by atoms with Crippen LogP contribution in [0, 0.1) is 0 Å². The highest BCUT2D eigenvalue weighted by atomic mass is 35.5. The molecule has 0 aliphatic heterocycles. The molecule has 0 spiro atoms. The third-order valence-corrected chi connectivity index (χ3v) is 3.05. The number of halogens is 2. The van der Waals surface area contributed by atoms with Gasteiger partial charge in [-0.1, -0.05) is 29.3 Å². The molecule has 4 nitrogen and oxygen atoms in total. The van der Waals surface area contributed by atoms with Crippen molar-refractivity contribution in [3.05, 3.63) is 33.8 Å². The molecule has 1 N–H and O–H groups in total. The minimum atomic E-state index is -1.19. The summed E-state index contributed by atoms with van der Waals surface area (Å²) in [5.74, 6) is -1.56. The topological polar surface area (TPSA) is 57.6 Å². The van der Waals surface area contributed by atoms with Crippen molar-refractivity contribution in [1.29, 1.82) is 0 Å². The molecular weight excluding hydrogens is 265 g/mol. The van der Waals surface area contributed by atoms with Gasteiger partial charge in [0.05, 0.1) is 0 Å². The summed E-state index contributed by atoms with van der Waals surface area (Å²) in [4.78, 5) is 23.6. The lowest BCUT2D eigenvalue weighted by atomic mass is 10.1. The lowest BCUT2D eigenvalue weighted by molar-refractivity contribution is -0.148. The quantitative estimate of drug-likeness (QED) is 0.923. The maximum atomic E-state index is 11.3. The highest BCUT2D eigenvalue weighted by Gasteiger charge is 2.30. The van der Waals surface area contributed by atoms with Gasteiger partial charge in [0.1, 0.15) is 0 Å². The monoisotopic (exact) mass is 275 g/mol. The Labute approximate surface area is 109 Å². The van der Waals surface area contributed by atoms with E-state index >= 15 is 0 Å². The van der Waals surface area contributed by atoms with Crippen LogP contribution < -0.4 is 0 Å². The number of carbonyl (C=O) groups is 2. The molecule has 1 rings (SSSR count). The number of carbonyl (C=O) groups excluding carboxylic acids is 1. The summed E-state index contributed by atoms with van der Waals surface area (Å²) in [6, 6.07) is 3.49. The van der Waals surface area contributed by atoms with E-state index in [9.17, 15) is 14.7 Å². The number of likely N-dealkylation sites (N-methyl/N-ethyl adjacent to an activating group) is 1. The molecule has 0 aliphatic rings. The first-order valence-electron chi connectivity index (χ1n) is 4.76. The number of carboxylic acids is 1. The summed E-state index contributed by atoms with van der Waals surface area (Å²) in [5.41, 5.74) is 0.223. The van der Waals surface area contributed by atoms with Crippen molar-refractivity contribution in [3.63, 3.8) is 0 Å². The summed E-state index contributed by atoms with van der Waals surface area (Å²) in [5, 5.41) is 9.62. The summed E-state index contributed by atoms with van der Waals surface area (Å²) in [7, 11) is 1.39. The summed E-state index contributed by atoms with van der Waals surface area (Å²) in [6.07, 6.45) is 0. The van der Waals surface area contributed by atoms with Gasteiger partial charge in [0.25, 0.3) is 0 Å². The van der Waals surface area contributed by atoms with Crippen LogP contribution in [0.2, 0.25) is 10.0 Å². The van der Waals surface area contributed by atoms with E-state index in [-0.39, 0.29) is 21.5 Å². The standard InChI is InChI=1S/C11H11Cl2NO3/c1-6(15)14(2)10(11(16)17)9-7(12)4-3-5-8(9)13/h3-5,10H,1-2H3,(H,16,17). The van der Waals surface area contributed by atoms with Crippen LogP contribution >= 0.6 is 23.2 Å². The van der Waals surface area contributed by atoms with E-state index in [1.54, 1.807) is 6.07 Å². The molecule has 0 heterocycles.